The first kappa shape index (κ1) is 12.3. The molecule has 0 spiro atoms. The van der Waals surface area contributed by atoms with Gasteiger partial charge in [-0.25, -0.2) is 4.79 Å². The van der Waals surface area contributed by atoms with Gasteiger partial charge in [0.05, 0.1) is 0 Å². The molecule has 1 fully saturated rings. The average Bonchev–Trinajstić information content (AvgIpc) is 2.25. The van der Waals surface area contributed by atoms with E-state index in [1.54, 1.807) is 0 Å². The van der Waals surface area contributed by atoms with Gasteiger partial charge >= 0.3 is 6.03 Å². The fourth-order valence-electron chi connectivity index (χ4n) is 1.96. The zero-order valence-electron chi connectivity index (χ0n) is 10.5. The van der Waals surface area contributed by atoms with Crippen molar-refractivity contribution in [2.24, 2.45) is 5.41 Å². The van der Waals surface area contributed by atoms with E-state index in [-0.39, 0.29) is 12.1 Å². The monoisotopic (exact) mass is 212 g/mol. The van der Waals surface area contributed by atoms with Crippen molar-refractivity contribution < 1.29 is 4.79 Å². The third-order valence-electron chi connectivity index (χ3n) is 3.04. The number of hydrogen-bond donors (Lipinski definition) is 1. The van der Waals surface area contributed by atoms with E-state index in [4.69, 9.17) is 0 Å². The number of likely N-dealkylation sites (tertiary alicyclic amines) is 1. The minimum Gasteiger partial charge on any atom is -0.336 e. The molecule has 1 aliphatic heterocycles. The van der Waals surface area contributed by atoms with Crippen molar-refractivity contribution in [1.29, 1.82) is 0 Å². The van der Waals surface area contributed by atoms with Gasteiger partial charge in [0.15, 0.2) is 0 Å². The number of carbonyl (C=O) groups is 1. The van der Waals surface area contributed by atoms with E-state index >= 15 is 0 Å². The Morgan fingerprint density at radius 1 is 1.27 bits per heavy atom. The van der Waals surface area contributed by atoms with Gasteiger partial charge in [-0.05, 0) is 38.5 Å². The molecule has 0 aromatic heterocycles. The largest absolute Gasteiger partial charge is 0.336 e. The molecule has 1 saturated heterocycles. The van der Waals surface area contributed by atoms with Gasteiger partial charge < -0.3 is 10.2 Å². The molecule has 0 aromatic rings. The van der Waals surface area contributed by atoms with Crippen LogP contribution in [0.1, 0.15) is 47.0 Å². The summed E-state index contributed by atoms with van der Waals surface area (Å²) in [5.41, 5.74) is 0.396. The maximum absolute atomic E-state index is 11.8. The van der Waals surface area contributed by atoms with E-state index in [0.717, 1.165) is 25.9 Å². The highest BCUT2D eigenvalue weighted by atomic mass is 16.2. The molecule has 1 aliphatic rings. The Morgan fingerprint density at radius 2 is 1.93 bits per heavy atom. The number of nitrogens with zero attached hydrogens (tertiary/aromatic N) is 1. The minimum atomic E-state index is 0.0997. The van der Waals surface area contributed by atoms with Gasteiger partial charge in [-0.2, -0.15) is 0 Å². The van der Waals surface area contributed by atoms with Crippen molar-refractivity contribution in [3.8, 4) is 0 Å². The molecule has 0 radical (unpaired) electrons. The van der Waals surface area contributed by atoms with Crippen molar-refractivity contribution in [3.63, 3.8) is 0 Å². The summed E-state index contributed by atoms with van der Waals surface area (Å²) in [4.78, 5) is 13.7. The normalized spacial score (nSPS) is 21.3. The molecule has 1 heterocycles. The van der Waals surface area contributed by atoms with Crippen LogP contribution < -0.4 is 5.32 Å². The van der Waals surface area contributed by atoms with Crippen LogP contribution in [0.2, 0.25) is 0 Å². The molecular weight excluding hydrogens is 188 g/mol. The third kappa shape index (κ3) is 4.10. The summed E-state index contributed by atoms with van der Waals surface area (Å²) in [6, 6.07) is 0.330. The standard InChI is InChI=1S/C12H24N2O/c1-10(2)13-11(15)14-8-5-6-12(3,4)7-9-14/h10H,5-9H2,1-4H3,(H,13,15). The van der Waals surface area contributed by atoms with Crippen LogP contribution >= 0.6 is 0 Å². The van der Waals surface area contributed by atoms with Crippen molar-refractivity contribution in [3.05, 3.63) is 0 Å². The van der Waals surface area contributed by atoms with Crippen LogP contribution in [0.15, 0.2) is 0 Å². The van der Waals surface area contributed by atoms with E-state index in [1.807, 2.05) is 18.7 Å². The topological polar surface area (TPSA) is 32.3 Å². The van der Waals surface area contributed by atoms with Crippen molar-refractivity contribution >= 4 is 6.03 Å². The number of carbonyl (C=O) groups excluding carboxylic acids is 1. The summed E-state index contributed by atoms with van der Waals surface area (Å²) in [6.07, 6.45) is 3.45. The first-order valence-electron chi connectivity index (χ1n) is 5.96. The Bertz CT molecular complexity index is 224. The molecule has 2 amide bonds. The van der Waals surface area contributed by atoms with Crippen LogP contribution in [0.3, 0.4) is 0 Å². The Morgan fingerprint density at radius 3 is 2.53 bits per heavy atom. The van der Waals surface area contributed by atoms with Crippen LogP contribution in [0.25, 0.3) is 0 Å². The molecular formula is C12H24N2O. The zero-order chi connectivity index (χ0) is 11.5. The lowest BCUT2D eigenvalue weighted by Gasteiger charge is -2.24. The molecule has 0 aliphatic carbocycles. The summed E-state index contributed by atoms with van der Waals surface area (Å²) in [5, 5.41) is 2.95. The second kappa shape index (κ2) is 4.86. The first-order chi connectivity index (χ1) is 6.91. The fraction of sp³-hybridized carbons (Fsp3) is 0.917. The van der Waals surface area contributed by atoms with Gasteiger partial charge in [0.25, 0.3) is 0 Å². The average molecular weight is 212 g/mol. The Hall–Kier alpha value is -0.730. The van der Waals surface area contributed by atoms with E-state index in [1.165, 1.54) is 6.42 Å². The number of nitrogens with one attached hydrogen (secondary N) is 1. The second-order valence-corrected chi connectivity index (χ2v) is 5.61. The van der Waals surface area contributed by atoms with Gasteiger partial charge in [-0.3, -0.25) is 0 Å². The fourth-order valence-corrected chi connectivity index (χ4v) is 1.96. The number of rotatable bonds is 1. The smallest absolute Gasteiger partial charge is 0.317 e. The van der Waals surface area contributed by atoms with Crippen LogP contribution in [0.4, 0.5) is 4.79 Å². The SMILES string of the molecule is CC(C)NC(=O)N1CCCC(C)(C)CC1. The molecule has 15 heavy (non-hydrogen) atoms. The Labute approximate surface area is 93.2 Å². The molecule has 3 nitrogen and oxygen atoms in total. The lowest BCUT2D eigenvalue weighted by atomic mass is 9.85. The summed E-state index contributed by atoms with van der Waals surface area (Å²) in [5.74, 6) is 0. The predicted octanol–water partition coefficient (Wildman–Crippen LogP) is 2.62. The van der Waals surface area contributed by atoms with E-state index in [9.17, 15) is 4.79 Å². The van der Waals surface area contributed by atoms with Crippen molar-refractivity contribution in [2.45, 2.75) is 53.0 Å². The highest BCUT2D eigenvalue weighted by Crippen LogP contribution is 2.29. The molecule has 0 atom stereocenters. The maximum atomic E-state index is 11.8. The Balaban J connectivity index is 2.47. The number of hydrogen-bond acceptors (Lipinski definition) is 1. The van der Waals surface area contributed by atoms with Gasteiger partial charge in [0.2, 0.25) is 0 Å². The van der Waals surface area contributed by atoms with Crippen LogP contribution in [-0.4, -0.2) is 30.1 Å². The molecule has 0 aromatic carbocycles. The first-order valence-corrected chi connectivity index (χ1v) is 5.96. The minimum absolute atomic E-state index is 0.0997. The lowest BCUT2D eigenvalue weighted by Crippen LogP contribution is -2.43. The number of amides is 2. The molecule has 0 bridgehead atoms. The van der Waals surface area contributed by atoms with Gasteiger partial charge in [0, 0.05) is 19.1 Å². The van der Waals surface area contributed by atoms with Crippen LogP contribution in [-0.2, 0) is 0 Å². The summed E-state index contributed by atoms with van der Waals surface area (Å²) in [6.45, 7) is 10.4. The van der Waals surface area contributed by atoms with E-state index < -0.39 is 0 Å². The number of urea groups is 1. The molecule has 0 saturated carbocycles. The highest BCUT2D eigenvalue weighted by molar-refractivity contribution is 5.74. The highest BCUT2D eigenvalue weighted by Gasteiger charge is 2.25. The zero-order valence-corrected chi connectivity index (χ0v) is 10.5. The summed E-state index contributed by atoms with van der Waals surface area (Å²) in [7, 11) is 0. The predicted molar refractivity (Wildman–Crippen MR) is 62.9 cm³/mol. The van der Waals surface area contributed by atoms with Crippen molar-refractivity contribution in [2.75, 3.05) is 13.1 Å². The quantitative estimate of drug-likeness (QED) is 0.712. The van der Waals surface area contributed by atoms with Gasteiger partial charge in [-0.15, -0.1) is 0 Å². The van der Waals surface area contributed by atoms with E-state index in [0.29, 0.717) is 5.41 Å². The van der Waals surface area contributed by atoms with Crippen molar-refractivity contribution in [1.82, 2.24) is 10.2 Å². The summed E-state index contributed by atoms with van der Waals surface area (Å²) >= 11 is 0. The second-order valence-electron chi connectivity index (χ2n) is 5.61. The molecule has 1 rings (SSSR count). The lowest BCUT2D eigenvalue weighted by molar-refractivity contribution is 0.195. The molecule has 0 unspecified atom stereocenters. The summed E-state index contributed by atoms with van der Waals surface area (Å²) < 4.78 is 0. The maximum Gasteiger partial charge on any atom is 0.317 e. The Kier molecular flexibility index (Phi) is 4.00. The molecule has 1 N–H and O–H groups in total. The van der Waals surface area contributed by atoms with Gasteiger partial charge in [0.1, 0.15) is 0 Å². The van der Waals surface area contributed by atoms with Gasteiger partial charge in [-0.1, -0.05) is 13.8 Å². The molecule has 3 heteroatoms. The third-order valence-corrected chi connectivity index (χ3v) is 3.04. The van der Waals surface area contributed by atoms with E-state index in [2.05, 4.69) is 19.2 Å². The van der Waals surface area contributed by atoms with Crippen LogP contribution in [0, 0.1) is 5.41 Å². The van der Waals surface area contributed by atoms with Crippen LogP contribution in [0.5, 0.6) is 0 Å². The molecule has 88 valence electrons.